The zero-order chi connectivity index (χ0) is 26.2. The SMILES string of the molecule is Cc1noc(C)c1-c1cnc2c(c1)[C@@H]([C@H](c1ccccc1)C1CCCCC1)C=C2c1ccc(C(=O)O)cc1. The molecule has 192 valence electrons. The van der Waals surface area contributed by atoms with Crippen LogP contribution in [0.15, 0.2) is 77.5 Å². The van der Waals surface area contributed by atoms with E-state index in [1.54, 1.807) is 12.1 Å². The molecule has 2 aromatic heterocycles. The van der Waals surface area contributed by atoms with Gasteiger partial charge in [0.25, 0.3) is 0 Å². The van der Waals surface area contributed by atoms with Gasteiger partial charge in [-0.1, -0.05) is 73.0 Å². The zero-order valence-corrected chi connectivity index (χ0v) is 21.9. The molecule has 2 heterocycles. The summed E-state index contributed by atoms with van der Waals surface area (Å²) >= 11 is 0. The molecular weight excluding hydrogens is 472 g/mol. The number of rotatable bonds is 6. The molecule has 2 atom stereocenters. The third kappa shape index (κ3) is 4.36. The largest absolute Gasteiger partial charge is 0.478 e. The lowest BCUT2D eigenvalue weighted by atomic mass is 9.69. The lowest BCUT2D eigenvalue weighted by Gasteiger charge is -2.34. The van der Waals surface area contributed by atoms with Crippen LogP contribution in [0.1, 0.15) is 88.1 Å². The van der Waals surface area contributed by atoms with Crippen LogP contribution in [-0.4, -0.2) is 21.2 Å². The Bertz CT molecular complexity index is 1480. The van der Waals surface area contributed by atoms with Crippen LogP contribution in [0.2, 0.25) is 0 Å². The monoisotopic (exact) mass is 504 g/mol. The lowest BCUT2D eigenvalue weighted by molar-refractivity contribution is 0.0697. The van der Waals surface area contributed by atoms with Crippen molar-refractivity contribution in [3.05, 3.63) is 112 Å². The Morgan fingerprint density at radius 1 is 0.974 bits per heavy atom. The van der Waals surface area contributed by atoms with Crippen molar-refractivity contribution in [3.8, 4) is 11.1 Å². The minimum atomic E-state index is -0.918. The molecule has 0 spiro atoms. The molecule has 2 aromatic carbocycles. The van der Waals surface area contributed by atoms with Crippen LogP contribution in [0.5, 0.6) is 0 Å². The summed E-state index contributed by atoms with van der Waals surface area (Å²) in [5, 5.41) is 13.6. The summed E-state index contributed by atoms with van der Waals surface area (Å²) in [5.74, 6) is 0.976. The Morgan fingerprint density at radius 2 is 1.71 bits per heavy atom. The fraction of sp³-hybridized carbons (Fsp3) is 0.303. The first-order valence-corrected chi connectivity index (χ1v) is 13.6. The molecule has 1 saturated carbocycles. The van der Waals surface area contributed by atoms with Crippen molar-refractivity contribution in [1.82, 2.24) is 10.1 Å². The molecule has 1 fully saturated rings. The highest BCUT2D eigenvalue weighted by Gasteiger charge is 2.37. The molecule has 0 amide bonds. The second-order valence-electron chi connectivity index (χ2n) is 10.7. The molecular formula is C33H32N2O3. The van der Waals surface area contributed by atoms with Crippen molar-refractivity contribution in [1.29, 1.82) is 0 Å². The van der Waals surface area contributed by atoms with Gasteiger partial charge in [0.2, 0.25) is 0 Å². The van der Waals surface area contributed by atoms with Crippen molar-refractivity contribution in [2.75, 3.05) is 0 Å². The third-order valence-electron chi connectivity index (χ3n) is 8.37. The minimum Gasteiger partial charge on any atom is -0.478 e. The number of fused-ring (bicyclic) bond motifs is 1. The van der Waals surface area contributed by atoms with E-state index in [0.717, 1.165) is 39.4 Å². The van der Waals surface area contributed by atoms with E-state index in [1.165, 1.54) is 43.2 Å². The highest BCUT2D eigenvalue weighted by molar-refractivity contribution is 5.90. The number of aromatic nitrogens is 2. The topological polar surface area (TPSA) is 76.2 Å². The first kappa shape index (κ1) is 24.4. The Labute approximate surface area is 223 Å². The van der Waals surface area contributed by atoms with Gasteiger partial charge in [-0.2, -0.15) is 0 Å². The van der Waals surface area contributed by atoms with Crippen molar-refractivity contribution in [2.45, 2.75) is 57.8 Å². The Kier molecular flexibility index (Phi) is 6.44. The van der Waals surface area contributed by atoms with Crippen molar-refractivity contribution >= 4 is 11.5 Å². The molecule has 1 N–H and O–H groups in total. The van der Waals surface area contributed by atoms with E-state index in [-0.39, 0.29) is 11.5 Å². The van der Waals surface area contributed by atoms with Gasteiger partial charge in [0, 0.05) is 28.8 Å². The fourth-order valence-corrected chi connectivity index (χ4v) is 6.60. The van der Waals surface area contributed by atoms with Gasteiger partial charge in [0.1, 0.15) is 5.76 Å². The molecule has 2 aliphatic carbocycles. The smallest absolute Gasteiger partial charge is 0.335 e. The van der Waals surface area contributed by atoms with Gasteiger partial charge in [0.15, 0.2) is 0 Å². The number of pyridine rings is 1. The predicted molar refractivity (Wildman–Crippen MR) is 148 cm³/mol. The lowest BCUT2D eigenvalue weighted by Crippen LogP contribution is -2.21. The van der Waals surface area contributed by atoms with Gasteiger partial charge >= 0.3 is 5.97 Å². The molecule has 5 heteroatoms. The molecule has 0 unspecified atom stereocenters. The van der Waals surface area contributed by atoms with Gasteiger partial charge in [-0.25, -0.2) is 4.79 Å². The molecule has 4 aromatic rings. The van der Waals surface area contributed by atoms with Crippen LogP contribution in [0.3, 0.4) is 0 Å². The summed E-state index contributed by atoms with van der Waals surface area (Å²) in [5.41, 5.74) is 8.82. The van der Waals surface area contributed by atoms with Crippen molar-refractivity contribution in [3.63, 3.8) is 0 Å². The Balaban J connectivity index is 1.52. The number of allylic oxidation sites excluding steroid dienone is 1. The predicted octanol–water partition coefficient (Wildman–Crippen LogP) is 7.94. The highest BCUT2D eigenvalue weighted by Crippen LogP contribution is 2.51. The quantitative estimate of drug-likeness (QED) is 0.288. The molecule has 0 aliphatic heterocycles. The standard InChI is InChI=1S/C33H32N2O3/c1-20-30(21(2)38-35-20)26-17-29-28(31(23-9-5-3-6-10-23)24-11-7-4-8-12-24)18-27(32(29)34-19-26)22-13-15-25(16-14-22)33(36)37/h3,5-6,9-10,13-19,24,28,31H,4,7-8,11-12H2,1-2H3,(H,36,37)/t28-,31+/m0/s1. The molecule has 0 bridgehead atoms. The van der Waals surface area contributed by atoms with E-state index in [9.17, 15) is 9.90 Å². The van der Waals surface area contributed by atoms with Gasteiger partial charge in [-0.05, 0) is 73.4 Å². The van der Waals surface area contributed by atoms with Crippen molar-refractivity contribution in [2.24, 2.45) is 5.92 Å². The summed E-state index contributed by atoms with van der Waals surface area (Å²) in [7, 11) is 0. The van der Waals surface area contributed by atoms with Gasteiger partial charge in [-0.15, -0.1) is 0 Å². The average molecular weight is 505 g/mol. The minimum absolute atomic E-state index is 0.164. The molecule has 38 heavy (non-hydrogen) atoms. The van der Waals surface area contributed by atoms with E-state index in [1.807, 2.05) is 32.2 Å². The van der Waals surface area contributed by atoms with Crippen LogP contribution in [0, 0.1) is 19.8 Å². The number of carbonyl (C=O) groups is 1. The first-order valence-electron chi connectivity index (χ1n) is 13.6. The van der Waals surface area contributed by atoms with Crippen LogP contribution >= 0.6 is 0 Å². The van der Waals surface area contributed by atoms with Crippen molar-refractivity contribution < 1.29 is 14.4 Å². The number of hydrogen-bond acceptors (Lipinski definition) is 4. The molecule has 5 nitrogen and oxygen atoms in total. The average Bonchev–Trinajstić information content (AvgIpc) is 3.49. The normalized spacial score (nSPS) is 18.2. The Hall–Kier alpha value is -3.99. The molecule has 6 rings (SSSR count). The summed E-state index contributed by atoms with van der Waals surface area (Å²) in [6.07, 6.45) is 10.6. The van der Waals surface area contributed by atoms with Gasteiger partial charge in [-0.3, -0.25) is 4.98 Å². The number of aryl methyl sites for hydroxylation is 2. The number of hydrogen-bond donors (Lipinski definition) is 1. The van der Waals surface area contributed by atoms with E-state index < -0.39 is 5.97 Å². The van der Waals surface area contributed by atoms with Crippen LogP contribution in [-0.2, 0) is 0 Å². The van der Waals surface area contributed by atoms with Gasteiger partial charge < -0.3 is 9.63 Å². The van der Waals surface area contributed by atoms with Crippen LogP contribution < -0.4 is 0 Å². The first-order chi connectivity index (χ1) is 18.5. The Morgan fingerprint density at radius 3 is 2.37 bits per heavy atom. The number of carboxylic acid groups (broad SMARTS) is 1. The molecule has 0 saturated heterocycles. The zero-order valence-electron chi connectivity index (χ0n) is 21.9. The van der Waals surface area contributed by atoms with Crippen LogP contribution in [0.4, 0.5) is 0 Å². The summed E-state index contributed by atoms with van der Waals surface area (Å²) in [4.78, 5) is 16.5. The fourth-order valence-electron chi connectivity index (χ4n) is 6.60. The van der Waals surface area contributed by atoms with E-state index >= 15 is 0 Å². The summed E-state index contributed by atoms with van der Waals surface area (Å²) < 4.78 is 5.49. The van der Waals surface area contributed by atoms with E-state index in [2.05, 4.69) is 47.6 Å². The number of benzene rings is 2. The maximum atomic E-state index is 11.5. The number of carboxylic acids is 1. The molecule has 2 aliphatic rings. The third-order valence-corrected chi connectivity index (χ3v) is 8.37. The van der Waals surface area contributed by atoms with Gasteiger partial charge in [0.05, 0.1) is 17.0 Å². The van der Waals surface area contributed by atoms with E-state index in [0.29, 0.717) is 11.8 Å². The second kappa shape index (κ2) is 10.1. The summed E-state index contributed by atoms with van der Waals surface area (Å²) in [6.45, 7) is 3.92. The number of aromatic carboxylic acids is 1. The molecule has 0 radical (unpaired) electrons. The second-order valence-corrected chi connectivity index (χ2v) is 10.7. The summed E-state index contributed by atoms with van der Waals surface area (Å²) in [6, 6.07) is 20.4. The maximum Gasteiger partial charge on any atom is 0.335 e. The maximum absolute atomic E-state index is 11.5. The number of nitrogens with zero attached hydrogens (tertiary/aromatic N) is 2. The van der Waals surface area contributed by atoms with E-state index in [4.69, 9.17) is 9.51 Å². The highest BCUT2D eigenvalue weighted by atomic mass is 16.5. The van der Waals surface area contributed by atoms with Crippen LogP contribution in [0.25, 0.3) is 16.7 Å².